The number of halogens is 1. The first-order chi connectivity index (χ1) is 20.9. The fraction of sp³-hybridized carbons (Fsp3) is 0.212. The van der Waals surface area contributed by atoms with E-state index in [9.17, 15) is 14.3 Å². The van der Waals surface area contributed by atoms with E-state index in [-0.39, 0.29) is 17.9 Å². The molecule has 1 aliphatic rings. The zero-order chi connectivity index (χ0) is 29.9. The van der Waals surface area contributed by atoms with Gasteiger partial charge in [-0.2, -0.15) is 0 Å². The molecule has 1 N–H and O–H groups in total. The van der Waals surface area contributed by atoms with Crippen molar-refractivity contribution in [3.8, 4) is 17.1 Å². The Labute approximate surface area is 246 Å². The largest absolute Gasteiger partial charge is 0.478 e. The summed E-state index contributed by atoms with van der Waals surface area (Å²) in [4.78, 5) is 24.4. The third-order valence-electron chi connectivity index (χ3n) is 7.42. The molecule has 1 aliphatic heterocycles. The van der Waals surface area contributed by atoms with Gasteiger partial charge in [-0.3, -0.25) is 0 Å². The summed E-state index contributed by atoms with van der Waals surface area (Å²) in [5, 5.41) is 9.53. The minimum absolute atomic E-state index is 0.0121. The lowest BCUT2D eigenvalue weighted by Gasteiger charge is -2.27. The van der Waals surface area contributed by atoms with Gasteiger partial charge >= 0.3 is 5.97 Å². The summed E-state index contributed by atoms with van der Waals surface area (Å²) >= 11 is 0. The molecular formula is C33H27FN4O5. The Hall–Kier alpha value is -5.11. The van der Waals surface area contributed by atoms with Crippen molar-refractivity contribution in [2.75, 3.05) is 20.3 Å². The highest BCUT2D eigenvalue weighted by atomic mass is 19.1. The van der Waals surface area contributed by atoms with Crippen LogP contribution in [0, 0.1) is 12.4 Å². The Morgan fingerprint density at radius 2 is 2.02 bits per heavy atom. The van der Waals surface area contributed by atoms with Crippen molar-refractivity contribution in [3.05, 3.63) is 118 Å². The van der Waals surface area contributed by atoms with Crippen LogP contribution in [0.1, 0.15) is 39.0 Å². The second-order valence-electron chi connectivity index (χ2n) is 10.1. The molecule has 0 saturated heterocycles. The maximum Gasteiger partial charge on any atom is 0.335 e. The lowest BCUT2D eigenvalue weighted by atomic mass is 9.94. The van der Waals surface area contributed by atoms with Crippen LogP contribution in [-0.2, 0) is 29.0 Å². The zero-order valence-corrected chi connectivity index (χ0v) is 23.3. The van der Waals surface area contributed by atoms with Crippen molar-refractivity contribution in [2.24, 2.45) is 0 Å². The first-order valence-electron chi connectivity index (χ1n) is 13.7. The summed E-state index contributed by atoms with van der Waals surface area (Å²) in [5.41, 5.74) is 5.85. The van der Waals surface area contributed by atoms with Crippen LogP contribution in [0.4, 0.5) is 10.1 Å². The van der Waals surface area contributed by atoms with E-state index >= 15 is 0 Å². The third kappa shape index (κ3) is 5.68. The Bertz CT molecular complexity index is 1880. The number of imidazole rings is 1. The maximum atomic E-state index is 14.3. The molecule has 0 amide bonds. The molecular weight excluding hydrogens is 551 g/mol. The van der Waals surface area contributed by atoms with Crippen LogP contribution in [-0.4, -0.2) is 45.9 Å². The fourth-order valence-electron chi connectivity index (χ4n) is 5.25. The van der Waals surface area contributed by atoms with Crippen molar-refractivity contribution in [2.45, 2.75) is 25.7 Å². The van der Waals surface area contributed by atoms with E-state index < -0.39 is 17.9 Å². The highest BCUT2D eigenvalue weighted by molar-refractivity contribution is 5.92. The SMILES string of the molecule is [C-]#[N+]c1ccc(COc2cccc(-c3ccc4c(c3)CCOC4c3nc4ccc(C(=O)O)cc4n3CCOC)n2)c(F)c1. The number of pyridine rings is 1. The quantitative estimate of drug-likeness (QED) is 0.203. The molecule has 0 aliphatic carbocycles. The number of hydrogen-bond acceptors (Lipinski definition) is 6. The Kier molecular flexibility index (Phi) is 7.83. The highest BCUT2D eigenvalue weighted by Crippen LogP contribution is 2.36. The number of nitrogens with zero attached hydrogens (tertiary/aromatic N) is 4. The van der Waals surface area contributed by atoms with Crippen LogP contribution in [0.25, 0.3) is 27.1 Å². The van der Waals surface area contributed by atoms with E-state index in [1.54, 1.807) is 43.5 Å². The van der Waals surface area contributed by atoms with Crippen molar-refractivity contribution in [3.63, 3.8) is 0 Å². The van der Waals surface area contributed by atoms with E-state index in [1.165, 1.54) is 6.07 Å². The summed E-state index contributed by atoms with van der Waals surface area (Å²) < 4.78 is 33.7. The van der Waals surface area contributed by atoms with Crippen molar-refractivity contribution in [1.82, 2.24) is 14.5 Å². The molecule has 3 heterocycles. The summed E-state index contributed by atoms with van der Waals surface area (Å²) in [5.74, 6) is -0.444. The van der Waals surface area contributed by atoms with Crippen LogP contribution in [0.15, 0.2) is 72.8 Å². The molecule has 10 heteroatoms. The van der Waals surface area contributed by atoms with Crippen molar-refractivity contribution >= 4 is 22.7 Å². The molecule has 1 atom stereocenters. The monoisotopic (exact) mass is 578 g/mol. The first kappa shape index (κ1) is 28.0. The van der Waals surface area contributed by atoms with Crippen molar-refractivity contribution in [1.29, 1.82) is 0 Å². The molecule has 1 unspecified atom stereocenters. The number of aromatic nitrogens is 3. The minimum atomic E-state index is -1.000. The van der Waals surface area contributed by atoms with Gasteiger partial charge < -0.3 is 23.9 Å². The second-order valence-corrected chi connectivity index (χ2v) is 10.1. The molecule has 9 nitrogen and oxygen atoms in total. The molecule has 2 aromatic heterocycles. The fourth-order valence-corrected chi connectivity index (χ4v) is 5.25. The average molecular weight is 579 g/mol. The Morgan fingerprint density at radius 3 is 2.81 bits per heavy atom. The van der Waals surface area contributed by atoms with Gasteiger partial charge in [-0.1, -0.05) is 30.3 Å². The summed E-state index contributed by atoms with van der Waals surface area (Å²) in [6.07, 6.45) is 0.263. The number of carboxylic acids is 1. The van der Waals surface area contributed by atoms with Crippen LogP contribution in [0.2, 0.25) is 0 Å². The minimum Gasteiger partial charge on any atom is -0.478 e. The number of aromatic carboxylic acids is 1. The Morgan fingerprint density at radius 1 is 1.14 bits per heavy atom. The average Bonchev–Trinajstić information content (AvgIpc) is 3.40. The molecule has 216 valence electrons. The Balaban J connectivity index is 1.29. The zero-order valence-electron chi connectivity index (χ0n) is 23.3. The summed E-state index contributed by atoms with van der Waals surface area (Å²) in [7, 11) is 1.62. The standard InChI is InChI=1S/C33H27FN4O5/c1-35-24-9-6-23(26(34)18-24)19-43-30-5-3-4-27(36-30)21-7-10-25-20(16-21)12-14-42-31(25)32-37-28-11-8-22(33(39)40)17-29(28)38(32)13-15-41-2/h3-11,16-18,31H,12-15,19H2,2H3,(H,39,40). The maximum absolute atomic E-state index is 14.3. The van der Waals surface area contributed by atoms with Gasteiger partial charge in [0.1, 0.15) is 24.4 Å². The predicted octanol–water partition coefficient (Wildman–Crippen LogP) is 6.37. The number of carbonyl (C=O) groups is 1. The molecule has 6 rings (SSSR count). The van der Waals surface area contributed by atoms with Crippen LogP contribution < -0.4 is 4.74 Å². The van der Waals surface area contributed by atoms with Crippen LogP contribution in [0.5, 0.6) is 5.88 Å². The van der Waals surface area contributed by atoms with Gasteiger partial charge in [0.15, 0.2) is 5.69 Å². The molecule has 0 saturated carbocycles. The lowest BCUT2D eigenvalue weighted by Crippen LogP contribution is -2.21. The number of ether oxygens (including phenoxy) is 3. The molecule has 3 aromatic carbocycles. The predicted molar refractivity (Wildman–Crippen MR) is 157 cm³/mol. The molecule has 0 bridgehead atoms. The number of hydrogen-bond donors (Lipinski definition) is 1. The molecule has 0 fully saturated rings. The van der Waals surface area contributed by atoms with Gasteiger partial charge in [-0.25, -0.2) is 24.0 Å². The van der Waals surface area contributed by atoms with E-state index in [0.29, 0.717) is 60.2 Å². The number of fused-ring (bicyclic) bond motifs is 2. The van der Waals surface area contributed by atoms with Gasteiger partial charge in [0, 0.05) is 30.8 Å². The van der Waals surface area contributed by atoms with Crippen LogP contribution >= 0.6 is 0 Å². The van der Waals surface area contributed by atoms with E-state index in [1.807, 2.05) is 28.8 Å². The number of rotatable bonds is 9. The number of carboxylic acid groups (broad SMARTS) is 1. The van der Waals surface area contributed by atoms with E-state index in [2.05, 4.69) is 15.9 Å². The van der Waals surface area contributed by atoms with Gasteiger partial charge in [0.05, 0.1) is 42.1 Å². The van der Waals surface area contributed by atoms with Crippen molar-refractivity contribution < 1.29 is 28.5 Å². The van der Waals surface area contributed by atoms with Gasteiger partial charge in [-0.15, -0.1) is 0 Å². The van der Waals surface area contributed by atoms with Gasteiger partial charge in [0.25, 0.3) is 0 Å². The molecule has 43 heavy (non-hydrogen) atoms. The number of methoxy groups -OCH3 is 1. The number of benzene rings is 3. The van der Waals surface area contributed by atoms with Gasteiger partial charge in [0.2, 0.25) is 5.88 Å². The molecule has 0 radical (unpaired) electrons. The first-order valence-corrected chi connectivity index (χ1v) is 13.7. The summed E-state index contributed by atoms with van der Waals surface area (Å²) in [6, 6.07) is 20.7. The van der Waals surface area contributed by atoms with Crippen LogP contribution in [0.3, 0.4) is 0 Å². The molecule has 5 aromatic rings. The third-order valence-corrected chi connectivity index (χ3v) is 7.42. The highest BCUT2D eigenvalue weighted by Gasteiger charge is 2.28. The molecule has 0 spiro atoms. The normalized spacial score (nSPS) is 14.3. The lowest BCUT2D eigenvalue weighted by molar-refractivity contribution is 0.0609. The van der Waals surface area contributed by atoms with E-state index in [4.69, 9.17) is 25.8 Å². The smallest absolute Gasteiger partial charge is 0.335 e. The van der Waals surface area contributed by atoms with Gasteiger partial charge in [-0.05, 0) is 53.9 Å². The summed E-state index contributed by atoms with van der Waals surface area (Å²) in [6.45, 7) is 8.42. The second kappa shape index (κ2) is 12.0. The topological polar surface area (TPSA) is 100 Å². The van der Waals surface area contributed by atoms with E-state index in [0.717, 1.165) is 16.7 Å².